The van der Waals surface area contributed by atoms with E-state index in [1.165, 1.54) is 25.3 Å². The number of carbonyl (C=O) groups excluding carboxylic acids is 1. The van der Waals surface area contributed by atoms with E-state index in [1.807, 2.05) is 0 Å². The van der Waals surface area contributed by atoms with Crippen LogP contribution in [0.3, 0.4) is 0 Å². The van der Waals surface area contributed by atoms with Crippen LogP contribution in [0.4, 0.5) is 14.5 Å². The van der Waals surface area contributed by atoms with Gasteiger partial charge in [0.1, 0.15) is 11.6 Å². The lowest BCUT2D eigenvalue weighted by Gasteiger charge is -2.09. The fraction of sp³-hybridized carbons (Fsp3) is 0.0714. The monoisotopic (exact) mass is 341 g/mol. The smallest absolute Gasteiger partial charge is 0.200 e. The second-order valence-corrected chi connectivity index (χ2v) is 4.85. The Bertz CT molecular complexity index is 689. The Kier molecular flexibility index (Phi) is 4.04. The molecular formula is C14H10BrF2NO2. The number of nitrogen functional groups attached to an aromatic ring is 1. The first-order chi connectivity index (χ1) is 9.45. The van der Waals surface area contributed by atoms with Crippen LogP contribution < -0.4 is 10.5 Å². The van der Waals surface area contributed by atoms with Gasteiger partial charge in [-0.25, -0.2) is 8.78 Å². The maximum absolute atomic E-state index is 13.8. The standard InChI is InChI=1S/C14H10BrF2NO2/c1-20-7-2-3-8(9(15)6-7)14(19)12-10(16)4-5-11(18)13(12)17/h2-6H,18H2,1H3. The lowest BCUT2D eigenvalue weighted by molar-refractivity contribution is 0.103. The zero-order chi connectivity index (χ0) is 14.9. The Morgan fingerprint density at radius 3 is 2.55 bits per heavy atom. The summed E-state index contributed by atoms with van der Waals surface area (Å²) in [4.78, 5) is 12.3. The number of anilines is 1. The lowest BCUT2D eigenvalue weighted by atomic mass is 10.0. The average Bonchev–Trinajstić information content (AvgIpc) is 2.43. The summed E-state index contributed by atoms with van der Waals surface area (Å²) >= 11 is 3.18. The van der Waals surface area contributed by atoms with Crippen molar-refractivity contribution in [3.63, 3.8) is 0 Å². The van der Waals surface area contributed by atoms with E-state index in [9.17, 15) is 13.6 Å². The molecular weight excluding hydrogens is 332 g/mol. The third-order valence-corrected chi connectivity index (χ3v) is 3.43. The molecule has 0 spiro atoms. The number of carbonyl (C=O) groups is 1. The zero-order valence-corrected chi connectivity index (χ0v) is 12.0. The summed E-state index contributed by atoms with van der Waals surface area (Å²) in [5, 5.41) is 0. The Morgan fingerprint density at radius 2 is 1.95 bits per heavy atom. The van der Waals surface area contributed by atoms with Crippen LogP contribution in [0.25, 0.3) is 0 Å². The second-order valence-electron chi connectivity index (χ2n) is 4.00. The molecule has 0 saturated carbocycles. The van der Waals surface area contributed by atoms with Crippen molar-refractivity contribution in [2.45, 2.75) is 0 Å². The first-order valence-corrected chi connectivity index (χ1v) is 6.36. The summed E-state index contributed by atoms with van der Waals surface area (Å²) in [6.07, 6.45) is 0. The Balaban J connectivity index is 2.55. The molecule has 0 saturated heterocycles. The summed E-state index contributed by atoms with van der Waals surface area (Å²) in [6, 6.07) is 6.52. The van der Waals surface area contributed by atoms with Crippen molar-refractivity contribution in [1.82, 2.24) is 0 Å². The van der Waals surface area contributed by atoms with Gasteiger partial charge in [-0.1, -0.05) is 0 Å². The highest BCUT2D eigenvalue weighted by Gasteiger charge is 2.22. The fourth-order valence-electron chi connectivity index (χ4n) is 1.72. The first-order valence-electron chi connectivity index (χ1n) is 5.57. The van der Waals surface area contributed by atoms with Gasteiger partial charge in [0, 0.05) is 10.0 Å². The van der Waals surface area contributed by atoms with Gasteiger partial charge >= 0.3 is 0 Å². The number of nitrogens with two attached hydrogens (primary N) is 1. The van der Waals surface area contributed by atoms with E-state index in [0.717, 1.165) is 12.1 Å². The predicted octanol–water partition coefficient (Wildman–Crippen LogP) is 3.55. The molecule has 2 rings (SSSR count). The van der Waals surface area contributed by atoms with Crippen LogP contribution in [0, 0.1) is 11.6 Å². The van der Waals surface area contributed by atoms with Crippen LogP contribution in [0.15, 0.2) is 34.8 Å². The molecule has 2 aromatic carbocycles. The molecule has 0 aromatic heterocycles. The van der Waals surface area contributed by atoms with Gasteiger partial charge in [0.05, 0.1) is 18.4 Å². The molecule has 0 fully saturated rings. The quantitative estimate of drug-likeness (QED) is 0.686. The molecule has 0 bridgehead atoms. The molecule has 6 heteroatoms. The highest BCUT2D eigenvalue weighted by molar-refractivity contribution is 9.10. The molecule has 0 radical (unpaired) electrons. The van der Waals surface area contributed by atoms with Gasteiger partial charge in [0.2, 0.25) is 0 Å². The average molecular weight is 342 g/mol. The SMILES string of the molecule is COc1ccc(C(=O)c2c(F)ccc(N)c2F)c(Br)c1. The molecule has 0 atom stereocenters. The maximum atomic E-state index is 13.8. The molecule has 3 nitrogen and oxygen atoms in total. The third-order valence-electron chi connectivity index (χ3n) is 2.77. The second kappa shape index (κ2) is 5.58. The minimum Gasteiger partial charge on any atom is -0.497 e. The molecule has 20 heavy (non-hydrogen) atoms. The van der Waals surface area contributed by atoms with Crippen molar-refractivity contribution in [1.29, 1.82) is 0 Å². The van der Waals surface area contributed by atoms with E-state index >= 15 is 0 Å². The lowest BCUT2D eigenvalue weighted by Crippen LogP contribution is -2.10. The largest absolute Gasteiger partial charge is 0.497 e. The minimum atomic E-state index is -1.06. The van der Waals surface area contributed by atoms with Crippen molar-refractivity contribution in [3.8, 4) is 5.75 Å². The molecule has 0 aliphatic rings. The number of methoxy groups -OCH3 is 1. The minimum absolute atomic E-state index is 0.120. The fourth-order valence-corrected chi connectivity index (χ4v) is 2.26. The number of ether oxygens (including phenoxy) is 1. The summed E-state index contributed by atoms with van der Waals surface area (Å²) in [5.41, 5.74) is 4.53. The number of hydrogen-bond donors (Lipinski definition) is 1. The molecule has 104 valence electrons. The number of benzene rings is 2. The zero-order valence-electron chi connectivity index (χ0n) is 10.4. The van der Waals surface area contributed by atoms with Crippen LogP contribution >= 0.6 is 15.9 Å². The summed E-state index contributed by atoms with van der Waals surface area (Å²) in [7, 11) is 1.47. The molecule has 0 unspecified atom stereocenters. The van der Waals surface area contributed by atoms with Gasteiger partial charge in [0.15, 0.2) is 11.6 Å². The topological polar surface area (TPSA) is 52.3 Å². The predicted molar refractivity (Wildman–Crippen MR) is 74.9 cm³/mol. The van der Waals surface area contributed by atoms with Crippen LogP contribution in [-0.2, 0) is 0 Å². The molecule has 0 aliphatic carbocycles. The molecule has 0 amide bonds. The van der Waals surface area contributed by atoms with Crippen LogP contribution in [0.1, 0.15) is 15.9 Å². The first kappa shape index (κ1) is 14.5. The number of hydrogen-bond acceptors (Lipinski definition) is 3. The normalized spacial score (nSPS) is 10.4. The summed E-state index contributed by atoms with van der Waals surface area (Å²) < 4.78 is 32.9. The molecule has 0 heterocycles. The Labute approximate surface area is 122 Å². The van der Waals surface area contributed by atoms with Crippen molar-refractivity contribution in [2.75, 3.05) is 12.8 Å². The van der Waals surface area contributed by atoms with Gasteiger partial charge in [-0.05, 0) is 46.3 Å². The highest BCUT2D eigenvalue weighted by atomic mass is 79.9. The van der Waals surface area contributed by atoms with E-state index in [0.29, 0.717) is 10.2 Å². The van der Waals surface area contributed by atoms with E-state index in [4.69, 9.17) is 10.5 Å². The Hall–Kier alpha value is -1.95. The summed E-state index contributed by atoms with van der Waals surface area (Å²) in [6.45, 7) is 0. The van der Waals surface area contributed by atoms with Crippen LogP contribution in [-0.4, -0.2) is 12.9 Å². The van der Waals surface area contributed by atoms with Crippen molar-refractivity contribution >= 4 is 27.4 Å². The molecule has 2 N–H and O–H groups in total. The highest BCUT2D eigenvalue weighted by Crippen LogP contribution is 2.28. The maximum Gasteiger partial charge on any atom is 0.200 e. The van der Waals surface area contributed by atoms with Gasteiger partial charge in [-0.15, -0.1) is 0 Å². The summed E-state index contributed by atoms with van der Waals surface area (Å²) in [5.74, 6) is -2.29. The van der Waals surface area contributed by atoms with Gasteiger partial charge < -0.3 is 10.5 Å². The van der Waals surface area contributed by atoms with E-state index in [1.54, 1.807) is 0 Å². The Morgan fingerprint density at radius 1 is 1.25 bits per heavy atom. The number of ketones is 1. The van der Waals surface area contributed by atoms with Crippen molar-refractivity contribution in [3.05, 3.63) is 57.6 Å². The van der Waals surface area contributed by atoms with Crippen molar-refractivity contribution in [2.24, 2.45) is 0 Å². The molecule has 0 aliphatic heterocycles. The van der Waals surface area contributed by atoms with Gasteiger partial charge in [0.25, 0.3) is 0 Å². The number of halogens is 3. The molecule has 2 aromatic rings. The third kappa shape index (κ3) is 2.51. The van der Waals surface area contributed by atoms with Crippen LogP contribution in [0.2, 0.25) is 0 Å². The van der Waals surface area contributed by atoms with E-state index < -0.39 is 23.0 Å². The van der Waals surface area contributed by atoms with Gasteiger partial charge in [-0.2, -0.15) is 0 Å². The van der Waals surface area contributed by atoms with Gasteiger partial charge in [-0.3, -0.25) is 4.79 Å². The van der Waals surface area contributed by atoms with E-state index in [2.05, 4.69) is 15.9 Å². The van der Waals surface area contributed by atoms with Crippen LogP contribution in [0.5, 0.6) is 5.75 Å². The van der Waals surface area contributed by atoms with Crippen molar-refractivity contribution < 1.29 is 18.3 Å². The number of rotatable bonds is 3. The van der Waals surface area contributed by atoms with E-state index in [-0.39, 0.29) is 11.3 Å².